The highest BCUT2D eigenvalue weighted by Crippen LogP contribution is 2.17. The van der Waals surface area contributed by atoms with Gasteiger partial charge in [-0.15, -0.1) is 0 Å². The van der Waals surface area contributed by atoms with Crippen molar-refractivity contribution in [1.29, 1.82) is 0 Å². The first-order chi connectivity index (χ1) is 32.5. The molecule has 0 aromatic carbocycles. The van der Waals surface area contributed by atoms with Crippen LogP contribution in [0.15, 0.2) is 24.3 Å². The molecule has 0 aliphatic rings. The van der Waals surface area contributed by atoms with Crippen molar-refractivity contribution in [3.63, 3.8) is 0 Å². The first kappa shape index (κ1) is 63.9. The molecule has 6 nitrogen and oxygen atoms in total. The van der Waals surface area contributed by atoms with Gasteiger partial charge in [0.05, 0.1) is 0 Å². The van der Waals surface area contributed by atoms with Crippen molar-refractivity contribution in [2.24, 2.45) is 0 Å². The molecule has 66 heavy (non-hydrogen) atoms. The van der Waals surface area contributed by atoms with Crippen LogP contribution in [-0.4, -0.2) is 37.2 Å². The molecule has 0 amide bonds. The number of ether oxygens (including phenoxy) is 3. The van der Waals surface area contributed by atoms with Gasteiger partial charge < -0.3 is 14.2 Å². The van der Waals surface area contributed by atoms with Crippen LogP contribution in [0.5, 0.6) is 0 Å². The molecule has 0 heterocycles. The van der Waals surface area contributed by atoms with Crippen molar-refractivity contribution >= 4 is 17.9 Å². The molecule has 1 unspecified atom stereocenters. The Balaban J connectivity index is 4.20. The molecule has 1 atom stereocenters. The second-order valence-corrected chi connectivity index (χ2v) is 19.9. The van der Waals surface area contributed by atoms with E-state index in [0.717, 1.165) is 77.0 Å². The summed E-state index contributed by atoms with van der Waals surface area (Å²) in [5, 5.41) is 0. The molecule has 6 heteroatoms. The molecule has 0 N–H and O–H groups in total. The van der Waals surface area contributed by atoms with Crippen molar-refractivity contribution in [3.8, 4) is 0 Å². The number of esters is 3. The summed E-state index contributed by atoms with van der Waals surface area (Å²) in [6, 6.07) is 0. The lowest BCUT2D eigenvalue weighted by Gasteiger charge is -2.18. The van der Waals surface area contributed by atoms with Gasteiger partial charge in [0.15, 0.2) is 6.10 Å². The second-order valence-electron chi connectivity index (χ2n) is 19.9. The highest BCUT2D eigenvalue weighted by molar-refractivity contribution is 5.71. The summed E-state index contributed by atoms with van der Waals surface area (Å²) in [7, 11) is 0. The summed E-state index contributed by atoms with van der Waals surface area (Å²) in [5.41, 5.74) is 0. The van der Waals surface area contributed by atoms with Crippen LogP contribution in [0, 0.1) is 0 Å². The lowest BCUT2D eigenvalue weighted by atomic mass is 10.0. The summed E-state index contributed by atoms with van der Waals surface area (Å²) in [4.78, 5) is 38.0. The third kappa shape index (κ3) is 52.9. The monoisotopic (exact) mass is 929 g/mol. The van der Waals surface area contributed by atoms with Gasteiger partial charge in [0.2, 0.25) is 0 Å². The fourth-order valence-corrected chi connectivity index (χ4v) is 8.74. The number of allylic oxidation sites excluding steroid dienone is 4. The maximum atomic E-state index is 12.8. The van der Waals surface area contributed by atoms with E-state index in [1.54, 1.807) is 0 Å². The van der Waals surface area contributed by atoms with Gasteiger partial charge in [0.25, 0.3) is 0 Å². The van der Waals surface area contributed by atoms with Gasteiger partial charge in [-0.1, -0.05) is 263 Å². The topological polar surface area (TPSA) is 78.9 Å². The van der Waals surface area contributed by atoms with Gasteiger partial charge in [0, 0.05) is 19.3 Å². The zero-order valence-corrected chi connectivity index (χ0v) is 44.5. The highest BCUT2D eigenvalue weighted by Gasteiger charge is 2.19. The molecule has 0 spiro atoms. The average molecular weight is 930 g/mol. The number of rotatable bonds is 54. The number of hydrogen-bond acceptors (Lipinski definition) is 6. The summed E-state index contributed by atoms with van der Waals surface area (Å²) in [6.45, 7) is 6.61. The maximum absolute atomic E-state index is 12.8. The van der Waals surface area contributed by atoms with E-state index in [-0.39, 0.29) is 31.1 Å². The minimum atomic E-state index is -0.774. The van der Waals surface area contributed by atoms with E-state index in [2.05, 4.69) is 45.1 Å². The Hall–Kier alpha value is -2.11. The first-order valence-corrected chi connectivity index (χ1v) is 29.3. The van der Waals surface area contributed by atoms with E-state index in [9.17, 15) is 14.4 Å². The van der Waals surface area contributed by atoms with Gasteiger partial charge in [-0.2, -0.15) is 0 Å². The molecular weight excluding hydrogens is 817 g/mol. The molecule has 0 rings (SSSR count). The predicted octanol–water partition coefficient (Wildman–Crippen LogP) is 19.5. The first-order valence-electron chi connectivity index (χ1n) is 29.3. The number of hydrogen-bond donors (Lipinski definition) is 0. The molecule has 0 saturated carbocycles. The van der Waals surface area contributed by atoms with Crippen LogP contribution in [0.2, 0.25) is 0 Å². The van der Waals surface area contributed by atoms with Gasteiger partial charge in [0.1, 0.15) is 13.2 Å². The van der Waals surface area contributed by atoms with E-state index in [1.165, 1.54) is 205 Å². The summed E-state index contributed by atoms with van der Waals surface area (Å²) >= 11 is 0. The van der Waals surface area contributed by atoms with Crippen LogP contribution in [-0.2, 0) is 28.6 Å². The van der Waals surface area contributed by atoms with E-state index >= 15 is 0 Å². The minimum absolute atomic E-state index is 0.0731. The number of carbonyl (C=O) groups is 3. The van der Waals surface area contributed by atoms with Crippen LogP contribution in [0.4, 0.5) is 0 Å². The lowest BCUT2D eigenvalue weighted by Crippen LogP contribution is -2.30. The van der Waals surface area contributed by atoms with Gasteiger partial charge in [-0.3, -0.25) is 14.4 Å². The van der Waals surface area contributed by atoms with E-state index in [1.807, 2.05) is 0 Å². The third-order valence-electron chi connectivity index (χ3n) is 13.2. The quantitative estimate of drug-likeness (QED) is 0.0262. The third-order valence-corrected chi connectivity index (χ3v) is 13.2. The zero-order chi connectivity index (χ0) is 47.9. The largest absolute Gasteiger partial charge is 0.462 e. The highest BCUT2D eigenvalue weighted by atomic mass is 16.6. The summed E-state index contributed by atoms with van der Waals surface area (Å²) in [6.07, 6.45) is 64.7. The molecule has 0 saturated heterocycles. The standard InChI is InChI=1S/C60H112O6/c1-4-7-10-13-16-19-22-24-26-27-28-29-30-31-32-33-35-36-38-41-44-47-50-53-59(62)65-56-57(55-64-58(61)52-49-46-43-40-21-18-15-12-9-6-3)66-60(63)54-51-48-45-42-39-37-34-25-23-20-17-14-11-8-5-2/h12,15,25,34,57H,4-11,13-14,16-24,26-33,35-56H2,1-3H3/b15-12-,34-25-. The SMILES string of the molecule is CCC/C=C\CCCCCCCC(=O)OCC(COC(=O)CCCCCCCCCCCCCCCCCCCCCCCCC)OC(=O)CCCCCCC/C=C\CCCCCCCC. The van der Waals surface area contributed by atoms with Crippen LogP contribution < -0.4 is 0 Å². The Bertz CT molecular complexity index is 1070. The van der Waals surface area contributed by atoms with Gasteiger partial charge in [-0.25, -0.2) is 0 Å². The molecular formula is C60H112O6. The van der Waals surface area contributed by atoms with Crippen LogP contribution in [0.3, 0.4) is 0 Å². The smallest absolute Gasteiger partial charge is 0.306 e. The van der Waals surface area contributed by atoms with E-state index in [0.29, 0.717) is 19.3 Å². The van der Waals surface area contributed by atoms with Crippen molar-refractivity contribution in [2.45, 2.75) is 329 Å². The minimum Gasteiger partial charge on any atom is -0.462 e. The molecule has 0 bridgehead atoms. The van der Waals surface area contributed by atoms with Gasteiger partial charge >= 0.3 is 17.9 Å². The van der Waals surface area contributed by atoms with E-state index < -0.39 is 6.10 Å². The normalized spacial score (nSPS) is 12.1. The van der Waals surface area contributed by atoms with Crippen molar-refractivity contribution < 1.29 is 28.6 Å². The fourth-order valence-electron chi connectivity index (χ4n) is 8.74. The number of unbranched alkanes of at least 4 members (excludes halogenated alkanes) is 39. The zero-order valence-electron chi connectivity index (χ0n) is 44.5. The predicted molar refractivity (Wildman–Crippen MR) is 284 cm³/mol. The van der Waals surface area contributed by atoms with Crippen molar-refractivity contribution in [2.75, 3.05) is 13.2 Å². The summed E-state index contributed by atoms with van der Waals surface area (Å²) in [5.74, 6) is -0.875. The Morgan fingerprint density at radius 1 is 0.288 bits per heavy atom. The second kappa shape index (κ2) is 55.5. The Labute approximate surface area is 411 Å². The Morgan fingerprint density at radius 3 is 0.818 bits per heavy atom. The van der Waals surface area contributed by atoms with Crippen LogP contribution in [0.1, 0.15) is 323 Å². The molecule has 0 radical (unpaired) electrons. The number of carbonyl (C=O) groups excluding carboxylic acids is 3. The summed E-state index contributed by atoms with van der Waals surface area (Å²) < 4.78 is 16.8. The van der Waals surface area contributed by atoms with Crippen molar-refractivity contribution in [3.05, 3.63) is 24.3 Å². The van der Waals surface area contributed by atoms with Crippen LogP contribution >= 0.6 is 0 Å². The Kier molecular flexibility index (Phi) is 53.7. The van der Waals surface area contributed by atoms with E-state index in [4.69, 9.17) is 14.2 Å². The average Bonchev–Trinajstić information content (AvgIpc) is 3.31. The molecule has 0 aromatic rings. The lowest BCUT2D eigenvalue weighted by molar-refractivity contribution is -0.167. The van der Waals surface area contributed by atoms with Crippen molar-refractivity contribution in [1.82, 2.24) is 0 Å². The molecule has 0 fully saturated rings. The molecule has 0 aliphatic heterocycles. The molecule has 0 aliphatic carbocycles. The molecule has 0 aromatic heterocycles. The molecule has 388 valence electrons. The van der Waals surface area contributed by atoms with Crippen LogP contribution in [0.25, 0.3) is 0 Å². The van der Waals surface area contributed by atoms with Gasteiger partial charge in [-0.05, 0) is 64.2 Å². The maximum Gasteiger partial charge on any atom is 0.306 e. The Morgan fingerprint density at radius 2 is 0.530 bits per heavy atom. The fraction of sp³-hybridized carbons (Fsp3) is 0.883.